The predicted molar refractivity (Wildman–Crippen MR) is 82.5 cm³/mol. The zero-order valence-electron chi connectivity index (χ0n) is 11.8. The van der Waals surface area contributed by atoms with Crippen LogP contribution in [0.25, 0.3) is 0 Å². The molecule has 21 heavy (non-hydrogen) atoms. The number of benzene rings is 2. The van der Waals surface area contributed by atoms with Gasteiger partial charge in [0.05, 0.1) is 6.61 Å². The van der Waals surface area contributed by atoms with E-state index in [0.717, 1.165) is 5.57 Å². The van der Waals surface area contributed by atoms with Crippen molar-refractivity contribution in [2.24, 2.45) is 0 Å². The first-order valence-corrected chi connectivity index (χ1v) is 7.92. The summed E-state index contributed by atoms with van der Waals surface area (Å²) in [5.74, 6) is 0.831. The topological polar surface area (TPSA) is 44.8 Å². The summed E-state index contributed by atoms with van der Waals surface area (Å²) in [6.45, 7) is 5.58. The van der Waals surface area contributed by atoms with Gasteiger partial charge in [-0.3, -0.25) is 4.52 Å². The Morgan fingerprint density at radius 3 is 1.76 bits per heavy atom. The average molecular weight is 304 g/mol. The molecule has 2 aromatic carbocycles. The van der Waals surface area contributed by atoms with Gasteiger partial charge in [-0.25, -0.2) is 4.57 Å². The van der Waals surface area contributed by atoms with Crippen molar-refractivity contribution < 1.29 is 18.1 Å². The summed E-state index contributed by atoms with van der Waals surface area (Å²) < 4.78 is 28.9. The molecule has 0 N–H and O–H groups in total. The number of rotatable bonds is 7. The van der Waals surface area contributed by atoms with E-state index < -0.39 is 7.82 Å². The molecule has 4 nitrogen and oxygen atoms in total. The van der Waals surface area contributed by atoms with Crippen LogP contribution in [0.5, 0.6) is 11.5 Å². The van der Waals surface area contributed by atoms with Crippen molar-refractivity contribution in [3.05, 3.63) is 72.8 Å². The highest BCUT2D eigenvalue weighted by Gasteiger charge is 2.30. The maximum absolute atomic E-state index is 12.7. The molecule has 0 aliphatic carbocycles. The van der Waals surface area contributed by atoms with Gasteiger partial charge in [-0.15, -0.1) is 0 Å². The van der Waals surface area contributed by atoms with Crippen molar-refractivity contribution in [1.82, 2.24) is 0 Å². The lowest BCUT2D eigenvalue weighted by molar-refractivity contribution is 0.225. The Bertz CT molecular complexity index is 580. The Kier molecular flexibility index (Phi) is 5.20. The number of phosphoric ester groups is 1. The summed E-state index contributed by atoms with van der Waals surface area (Å²) in [7, 11) is -3.78. The molecule has 0 fully saturated rings. The second-order valence-corrected chi connectivity index (χ2v) is 6.00. The molecule has 2 rings (SSSR count). The van der Waals surface area contributed by atoms with Gasteiger partial charge in [0.25, 0.3) is 0 Å². The van der Waals surface area contributed by atoms with Crippen LogP contribution in [0.3, 0.4) is 0 Å². The highest BCUT2D eigenvalue weighted by Crippen LogP contribution is 2.49. The van der Waals surface area contributed by atoms with Gasteiger partial charge in [-0.05, 0) is 31.2 Å². The maximum Gasteiger partial charge on any atom is 0.587 e. The Balaban J connectivity index is 2.17. The zero-order chi connectivity index (χ0) is 15.1. The lowest BCUT2D eigenvalue weighted by atomic mass is 10.3. The molecule has 0 saturated heterocycles. The van der Waals surface area contributed by atoms with E-state index in [1.807, 2.05) is 12.1 Å². The number of hydrogen-bond donors (Lipinski definition) is 0. The van der Waals surface area contributed by atoms with Crippen LogP contribution in [0, 0.1) is 0 Å². The van der Waals surface area contributed by atoms with E-state index in [2.05, 4.69) is 6.58 Å². The first-order chi connectivity index (χ1) is 10.1. The van der Waals surface area contributed by atoms with Crippen LogP contribution in [-0.4, -0.2) is 6.61 Å². The summed E-state index contributed by atoms with van der Waals surface area (Å²) in [5.41, 5.74) is 0.726. The number of hydrogen-bond acceptors (Lipinski definition) is 4. The first kappa shape index (κ1) is 15.4. The Morgan fingerprint density at radius 1 is 0.952 bits per heavy atom. The normalized spacial score (nSPS) is 10.9. The molecular formula is C16H17O4P. The second kappa shape index (κ2) is 7.11. The molecule has 110 valence electrons. The standard InChI is InChI=1S/C16H17O4P/c1-14(2)13-18-21(17,19-15-9-5-3-6-10-15)20-16-11-7-4-8-12-16/h3-12H,1,13H2,2H3. The molecule has 5 heteroatoms. The SMILES string of the molecule is C=C(C)COP(=O)(Oc1ccccc1)Oc1ccccc1. The molecular weight excluding hydrogens is 287 g/mol. The second-order valence-electron chi connectivity index (χ2n) is 4.49. The van der Waals surface area contributed by atoms with Crippen LogP contribution in [0.4, 0.5) is 0 Å². The smallest absolute Gasteiger partial charge is 0.395 e. The first-order valence-electron chi connectivity index (χ1n) is 6.46. The molecule has 0 radical (unpaired) electrons. The molecule has 0 atom stereocenters. The minimum atomic E-state index is -3.78. The van der Waals surface area contributed by atoms with E-state index in [-0.39, 0.29) is 6.61 Å². The minimum absolute atomic E-state index is 0.0942. The molecule has 0 spiro atoms. The van der Waals surface area contributed by atoms with E-state index in [0.29, 0.717) is 11.5 Å². The lowest BCUT2D eigenvalue weighted by Crippen LogP contribution is -2.06. The van der Waals surface area contributed by atoms with E-state index in [4.69, 9.17) is 13.6 Å². The minimum Gasteiger partial charge on any atom is -0.395 e. The van der Waals surface area contributed by atoms with Gasteiger partial charge >= 0.3 is 7.82 Å². The highest BCUT2D eigenvalue weighted by molar-refractivity contribution is 7.49. The average Bonchev–Trinajstić information content (AvgIpc) is 2.47. The van der Waals surface area contributed by atoms with Crippen LogP contribution in [0.15, 0.2) is 72.8 Å². The van der Waals surface area contributed by atoms with Crippen molar-refractivity contribution in [2.45, 2.75) is 6.92 Å². The van der Waals surface area contributed by atoms with E-state index in [1.165, 1.54) is 0 Å². The molecule has 0 aliphatic heterocycles. The van der Waals surface area contributed by atoms with Crippen LogP contribution in [0.2, 0.25) is 0 Å². The molecule has 0 saturated carbocycles. The van der Waals surface area contributed by atoms with Crippen molar-refractivity contribution in [3.63, 3.8) is 0 Å². The third kappa shape index (κ3) is 5.10. The number of para-hydroxylation sites is 2. The van der Waals surface area contributed by atoms with Crippen LogP contribution in [0.1, 0.15) is 6.92 Å². The van der Waals surface area contributed by atoms with Gasteiger partial charge in [0.1, 0.15) is 11.5 Å². The summed E-state index contributed by atoms with van der Waals surface area (Å²) >= 11 is 0. The molecule has 0 aliphatic rings. The van der Waals surface area contributed by atoms with Gasteiger partial charge < -0.3 is 9.05 Å². The van der Waals surface area contributed by atoms with E-state index >= 15 is 0 Å². The van der Waals surface area contributed by atoms with E-state index in [9.17, 15) is 4.57 Å². The van der Waals surface area contributed by atoms with Gasteiger partial charge in [0.15, 0.2) is 0 Å². The molecule has 0 unspecified atom stereocenters. The number of phosphoric acid groups is 1. The van der Waals surface area contributed by atoms with Crippen LogP contribution < -0.4 is 9.05 Å². The molecule has 2 aromatic rings. The van der Waals surface area contributed by atoms with Gasteiger partial charge in [0, 0.05) is 0 Å². The third-order valence-electron chi connectivity index (χ3n) is 2.39. The van der Waals surface area contributed by atoms with Gasteiger partial charge in [-0.1, -0.05) is 48.6 Å². The van der Waals surface area contributed by atoms with Crippen LogP contribution in [-0.2, 0) is 9.09 Å². The quantitative estimate of drug-likeness (QED) is 0.542. The largest absolute Gasteiger partial charge is 0.587 e. The summed E-state index contributed by atoms with van der Waals surface area (Å²) in [6.07, 6.45) is 0. The fourth-order valence-corrected chi connectivity index (χ4v) is 2.76. The Hall–Kier alpha value is -2.03. The van der Waals surface area contributed by atoms with Crippen molar-refractivity contribution in [2.75, 3.05) is 6.61 Å². The Morgan fingerprint density at radius 2 is 1.38 bits per heavy atom. The summed E-state index contributed by atoms with van der Waals surface area (Å²) in [4.78, 5) is 0. The fraction of sp³-hybridized carbons (Fsp3) is 0.125. The van der Waals surface area contributed by atoms with Gasteiger partial charge in [0.2, 0.25) is 0 Å². The van der Waals surface area contributed by atoms with Crippen molar-refractivity contribution in [3.8, 4) is 11.5 Å². The van der Waals surface area contributed by atoms with Crippen molar-refractivity contribution in [1.29, 1.82) is 0 Å². The van der Waals surface area contributed by atoms with E-state index in [1.54, 1.807) is 55.5 Å². The fourth-order valence-electron chi connectivity index (χ4n) is 1.48. The van der Waals surface area contributed by atoms with Gasteiger partial charge in [-0.2, -0.15) is 0 Å². The molecule has 0 aromatic heterocycles. The third-order valence-corrected chi connectivity index (χ3v) is 3.70. The monoisotopic (exact) mass is 304 g/mol. The zero-order valence-corrected chi connectivity index (χ0v) is 12.7. The summed E-state index contributed by atoms with van der Waals surface area (Å²) in [6, 6.07) is 17.5. The Labute approximate surface area is 124 Å². The predicted octanol–water partition coefficient (Wildman–Crippen LogP) is 4.85. The maximum atomic E-state index is 12.7. The van der Waals surface area contributed by atoms with Crippen LogP contribution >= 0.6 is 7.82 Å². The molecule has 0 amide bonds. The van der Waals surface area contributed by atoms with Crippen molar-refractivity contribution >= 4 is 7.82 Å². The highest BCUT2D eigenvalue weighted by atomic mass is 31.2. The molecule has 0 heterocycles. The lowest BCUT2D eigenvalue weighted by Gasteiger charge is -2.19. The summed E-state index contributed by atoms with van der Waals surface area (Å²) in [5, 5.41) is 0. The molecule has 0 bridgehead atoms.